The molecule has 0 saturated heterocycles. The summed E-state index contributed by atoms with van der Waals surface area (Å²) in [6, 6.07) is 8.45. The van der Waals surface area contributed by atoms with E-state index in [1.54, 1.807) is 11.8 Å². The molecule has 130 valence electrons. The molecule has 1 heterocycles. The molecular formula is C17H24N4OS2. The van der Waals surface area contributed by atoms with Gasteiger partial charge in [0.25, 0.3) is 0 Å². The Labute approximate surface area is 152 Å². The Kier molecular flexibility index (Phi) is 7.17. The highest BCUT2D eigenvalue weighted by Gasteiger charge is 2.12. The molecule has 0 fully saturated rings. The number of hydrogen-bond acceptors (Lipinski definition) is 5. The number of benzene rings is 1. The maximum atomic E-state index is 11.8. The van der Waals surface area contributed by atoms with E-state index in [0.29, 0.717) is 18.2 Å². The maximum absolute atomic E-state index is 11.8. The molecule has 2 rings (SSSR count). The van der Waals surface area contributed by atoms with Gasteiger partial charge >= 0.3 is 0 Å². The van der Waals surface area contributed by atoms with Crippen LogP contribution in [-0.4, -0.2) is 33.0 Å². The van der Waals surface area contributed by atoms with E-state index in [0.717, 1.165) is 16.7 Å². The third kappa shape index (κ3) is 5.87. The van der Waals surface area contributed by atoms with Gasteiger partial charge in [0.15, 0.2) is 5.16 Å². The molecule has 1 aromatic heterocycles. The highest BCUT2D eigenvalue weighted by molar-refractivity contribution is 7.99. The standard InChI is InChI=1S/C17H24N4OS2/c1-12(2)9-18-16(22)11-24-17-20-19-15(21(17)4)10-23-14-7-5-13(3)6-8-14/h5-8,12H,9-11H2,1-4H3,(H,18,22). The summed E-state index contributed by atoms with van der Waals surface area (Å²) in [6.07, 6.45) is 0. The number of carbonyl (C=O) groups is 1. The summed E-state index contributed by atoms with van der Waals surface area (Å²) in [5, 5.41) is 12.1. The molecule has 0 saturated carbocycles. The van der Waals surface area contributed by atoms with E-state index in [4.69, 9.17) is 0 Å². The van der Waals surface area contributed by atoms with Crippen molar-refractivity contribution in [3.8, 4) is 0 Å². The van der Waals surface area contributed by atoms with E-state index in [9.17, 15) is 4.79 Å². The van der Waals surface area contributed by atoms with Gasteiger partial charge < -0.3 is 9.88 Å². The van der Waals surface area contributed by atoms with Crippen molar-refractivity contribution in [2.45, 2.75) is 36.6 Å². The molecule has 0 aliphatic carbocycles. The Balaban J connectivity index is 1.84. The van der Waals surface area contributed by atoms with Gasteiger partial charge in [-0.15, -0.1) is 22.0 Å². The first kappa shape index (κ1) is 18.9. The zero-order valence-corrected chi connectivity index (χ0v) is 16.2. The Hall–Kier alpha value is -1.47. The van der Waals surface area contributed by atoms with Gasteiger partial charge in [-0.1, -0.05) is 43.3 Å². The number of nitrogens with one attached hydrogen (secondary N) is 1. The molecule has 1 amide bonds. The zero-order chi connectivity index (χ0) is 17.5. The third-order valence-corrected chi connectivity index (χ3v) is 5.38. The largest absolute Gasteiger partial charge is 0.355 e. The summed E-state index contributed by atoms with van der Waals surface area (Å²) in [5.41, 5.74) is 1.26. The van der Waals surface area contributed by atoms with E-state index < -0.39 is 0 Å². The van der Waals surface area contributed by atoms with Crippen LogP contribution in [0, 0.1) is 12.8 Å². The molecule has 0 unspecified atom stereocenters. The summed E-state index contributed by atoms with van der Waals surface area (Å²) in [5.74, 6) is 2.52. The van der Waals surface area contributed by atoms with Crippen LogP contribution in [0.3, 0.4) is 0 Å². The Morgan fingerprint density at radius 2 is 1.92 bits per heavy atom. The molecule has 1 N–H and O–H groups in total. The fourth-order valence-electron chi connectivity index (χ4n) is 1.88. The van der Waals surface area contributed by atoms with Gasteiger partial charge in [-0.3, -0.25) is 4.79 Å². The van der Waals surface area contributed by atoms with Crippen molar-refractivity contribution in [1.29, 1.82) is 0 Å². The Morgan fingerprint density at radius 3 is 2.58 bits per heavy atom. The number of amides is 1. The van der Waals surface area contributed by atoms with E-state index in [1.807, 2.05) is 11.6 Å². The van der Waals surface area contributed by atoms with E-state index in [-0.39, 0.29) is 5.91 Å². The minimum absolute atomic E-state index is 0.0345. The molecule has 24 heavy (non-hydrogen) atoms. The topological polar surface area (TPSA) is 59.8 Å². The maximum Gasteiger partial charge on any atom is 0.230 e. The van der Waals surface area contributed by atoms with E-state index in [2.05, 4.69) is 60.6 Å². The summed E-state index contributed by atoms with van der Waals surface area (Å²) >= 11 is 3.15. The molecule has 2 aromatic rings. The highest BCUT2D eigenvalue weighted by Crippen LogP contribution is 2.24. The van der Waals surface area contributed by atoms with Gasteiger partial charge in [0.05, 0.1) is 11.5 Å². The number of thioether (sulfide) groups is 2. The average molecular weight is 365 g/mol. The lowest BCUT2D eigenvalue weighted by Gasteiger charge is -2.07. The fourth-order valence-corrected chi connectivity index (χ4v) is 3.51. The van der Waals surface area contributed by atoms with E-state index >= 15 is 0 Å². The molecule has 5 nitrogen and oxygen atoms in total. The van der Waals surface area contributed by atoms with Gasteiger partial charge in [-0.05, 0) is 25.0 Å². The van der Waals surface area contributed by atoms with Crippen LogP contribution < -0.4 is 5.32 Å². The number of aromatic nitrogens is 3. The highest BCUT2D eigenvalue weighted by atomic mass is 32.2. The minimum atomic E-state index is 0.0345. The first-order valence-electron chi connectivity index (χ1n) is 7.93. The van der Waals surface area contributed by atoms with Crippen LogP contribution in [0.25, 0.3) is 0 Å². The molecule has 0 aliphatic heterocycles. The van der Waals surface area contributed by atoms with Crippen molar-refractivity contribution < 1.29 is 4.79 Å². The van der Waals surface area contributed by atoms with Crippen molar-refractivity contribution in [3.63, 3.8) is 0 Å². The molecular weight excluding hydrogens is 340 g/mol. The van der Waals surface area contributed by atoms with Crippen LogP contribution in [0.15, 0.2) is 34.3 Å². The van der Waals surface area contributed by atoms with E-state index in [1.165, 1.54) is 22.2 Å². The monoisotopic (exact) mass is 364 g/mol. The summed E-state index contributed by atoms with van der Waals surface area (Å²) in [6.45, 7) is 6.94. The van der Waals surface area contributed by atoms with Crippen LogP contribution in [0.2, 0.25) is 0 Å². The number of nitrogens with zero attached hydrogens (tertiary/aromatic N) is 3. The van der Waals surface area contributed by atoms with Crippen LogP contribution in [0.5, 0.6) is 0 Å². The molecule has 7 heteroatoms. The first-order valence-corrected chi connectivity index (χ1v) is 9.90. The van der Waals surface area contributed by atoms with Crippen molar-refractivity contribution in [2.24, 2.45) is 13.0 Å². The predicted molar refractivity (Wildman–Crippen MR) is 100 cm³/mol. The lowest BCUT2D eigenvalue weighted by atomic mass is 10.2. The number of rotatable bonds is 8. The Morgan fingerprint density at radius 1 is 1.21 bits per heavy atom. The SMILES string of the molecule is Cc1ccc(SCc2nnc(SCC(=O)NCC(C)C)n2C)cc1. The van der Waals surface area contributed by atoms with Gasteiger partial charge in [0.2, 0.25) is 5.91 Å². The number of carbonyl (C=O) groups excluding carboxylic acids is 1. The second kappa shape index (κ2) is 9.13. The van der Waals surface area contributed by atoms with Crippen LogP contribution in [0.4, 0.5) is 0 Å². The second-order valence-electron chi connectivity index (χ2n) is 6.05. The van der Waals surface area contributed by atoms with Gasteiger partial charge in [-0.25, -0.2) is 0 Å². The lowest BCUT2D eigenvalue weighted by molar-refractivity contribution is -0.118. The molecule has 0 aliphatic rings. The first-order chi connectivity index (χ1) is 11.5. The zero-order valence-electron chi connectivity index (χ0n) is 14.6. The quantitative estimate of drug-likeness (QED) is 0.729. The molecule has 0 bridgehead atoms. The molecule has 0 spiro atoms. The molecule has 0 atom stereocenters. The predicted octanol–water partition coefficient (Wildman–Crippen LogP) is 3.28. The summed E-state index contributed by atoms with van der Waals surface area (Å²) in [4.78, 5) is 13.0. The molecule has 1 aromatic carbocycles. The van der Waals surface area contributed by atoms with Gasteiger partial charge in [-0.2, -0.15) is 0 Å². The van der Waals surface area contributed by atoms with Gasteiger partial charge in [0, 0.05) is 18.5 Å². The second-order valence-corrected chi connectivity index (χ2v) is 8.04. The molecule has 0 radical (unpaired) electrons. The van der Waals surface area contributed by atoms with Crippen LogP contribution in [-0.2, 0) is 17.6 Å². The van der Waals surface area contributed by atoms with Crippen molar-refractivity contribution in [2.75, 3.05) is 12.3 Å². The fraction of sp³-hybridized carbons (Fsp3) is 0.471. The summed E-state index contributed by atoms with van der Waals surface area (Å²) < 4.78 is 1.96. The van der Waals surface area contributed by atoms with Gasteiger partial charge in [0.1, 0.15) is 5.82 Å². The van der Waals surface area contributed by atoms with Crippen molar-refractivity contribution in [1.82, 2.24) is 20.1 Å². The van der Waals surface area contributed by atoms with Crippen molar-refractivity contribution in [3.05, 3.63) is 35.7 Å². The Bertz CT molecular complexity index is 668. The lowest BCUT2D eigenvalue weighted by Crippen LogP contribution is -2.28. The smallest absolute Gasteiger partial charge is 0.230 e. The van der Waals surface area contributed by atoms with Crippen LogP contribution >= 0.6 is 23.5 Å². The average Bonchev–Trinajstić information content (AvgIpc) is 2.90. The normalized spacial score (nSPS) is 11.0. The van der Waals surface area contributed by atoms with Crippen molar-refractivity contribution >= 4 is 29.4 Å². The third-order valence-electron chi connectivity index (χ3n) is 3.35. The number of aryl methyl sites for hydroxylation is 1. The minimum Gasteiger partial charge on any atom is -0.355 e. The summed E-state index contributed by atoms with van der Waals surface area (Å²) in [7, 11) is 1.94. The van der Waals surface area contributed by atoms with Crippen LogP contribution in [0.1, 0.15) is 25.2 Å². The number of hydrogen-bond donors (Lipinski definition) is 1.